The molecule has 0 aromatic heterocycles. The molecule has 0 spiro atoms. The van der Waals surface area contributed by atoms with Crippen LogP contribution in [0.25, 0.3) is 5.76 Å². The minimum atomic E-state index is -0.683. The fourth-order valence-electron chi connectivity index (χ4n) is 4.36. The molecule has 1 aliphatic rings. The summed E-state index contributed by atoms with van der Waals surface area (Å²) in [7, 11) is 1.59. The molecule has 35 heavy (non-hydrogen) atoms. The summed E-state index contributed by atoms with van der Waals surface area (Å²) < 4.78 is 11.0. The van der Waals surface area contributed by atoms with Crippen molar-refractivity contribution in [1.82, 2.24) is 9.80 Å². The average Bonchev–Trinajstić information content (AvgIpc) is 3.14. The number of methoxy groups -OCH3 is 1. The SMILES string of the molecule is CCCOc1cccc(/C(O)=C2\C(=O)C(=O)N(CCCN(CC)CC)C2c2ccc(OC)cc2)c1. The van der Waals surface area contributed by atoms with E-state index in [1.165, 1.54) is 0 Å². The van der Waals surface area contributed by atoms with Gasteiger partial charge < -0.3 is 24.4 Å². The average molecular weight is 481 g/mol. The summed E-state index contributed by atoms with van der Waals surface area (Å²) in [4.78, 5) is 30.2. The number of carbonyl (C=O) groups excluding carboxylic acids is 2. The van der Waals surface area contributed by atoms with Gasteiger partial charge in [0.25, 0.3) is 11.7 Å². The molecule has 1 amide bonds. The van der Waals surface area contributed by atoms with Gasteiger partial charge in [0.1, 0.15) is 17.3 Å². The summed E-state index contributed by atoms with van der Waals surface area (Å²) in [6.45, 7) is 9.85. The lowest BCUT2D eigenvalue weighted by molar-refractivity contribution is -0.140. The van der Waals surface area contributed by atoms with E-state index in [4.69, 9.17) is 9.47 Å². The van der Waals surface area contributed by atoms with Crippen molar-refractivity contribution in [2.75, 3.05) is 39.9 Å². The van der Waals surface area contributed by atoms with Crippen molar-refractivity contribution in [3.8, 4) is 11.5 Å². The molecule has 2 aromatic carbocycles. The predicted molar refractivity (Wildman–Crippen MR) is 137 cm³/mol. The zero-order valence-electron chi connectivity index (χ0n) is 21.1. The van der Waals surface area contributed by atoms with Gasteiger partial charge in [-0.25, -0.2) is 0 Å². The zero-order valence-corrected chi connectivity index (χ0v) is 21.1. The third-order valence-corrected chi connectivity index (χ3v) is 6.32. The van der Waals surface area contributed by atoms with Gasteiger partial charge in [0.15, 0.2) is 0 Å². The molecule has 1 aliphatic heterocycles. The van der Waals surface area contributed by atoms with Crippen LogP contribution in [0.4, 0.5) is 0 Å². The van der Waals surface area contributed by atoms with E-state index in [2.05, 4.69) is 18.7 Å². The standard InChI is InChI=1S/C28H36N2O5/c1-5-18-35-23-11-8-10-21(19-23)26(31)24-25(20-12-14-22(34-4)15-13-20)30(28(33)27(24)32)17-9-16-29(6-2)7-3/h8,10-15,19,25,31H,5-7,9,16-18H2,1-4H3/b26-24+. The van der Waals surface area contributed by atoms with Crippen LogP contribution in [0.5, 0.6) is 11.5 Å². The van der Waals surface area contributed by atoms with E-state index >= 15 is 0 Å². The summed E-state index contributed by atoms with van der Waals surface area (Å²) >= 11 is 0. The number of amides is 1. The number of carbonyl (C=O) groups is 2. The molecule has 2 aromatic rings. The van der Waals surface area contributed by atoms with E-state index in [1.54, 1.807) is 48.4 Å². The number of benzene rings is 2. The number of likely N-dealkylation sites (tertiary alicyclic amines) is 1. The highest BCUT2D eigenvalue weighted by atomic mass is 16.5. The van der Waals surface area contributed by atoms with Gasteiger partial charge in [-0.1, -0.05) is 45.0 Å². The van der Waals surface area contributed by atoms with Crippen molar-refractivity contribution in [2.24, 2.45) is 0 Å². The Labute approximate surface area is 207 Å². The first-order chi connectivity index (χ1) is 16.9. The molecule has 188 valence electrons. The molecule has 1 unspecified atom stereocenters. The maximum Gasteiger partial charge on any atom is 0.295 e. The number of hydrogen-bond acceptors (Lipinski definition) is 6. The van der Waals surface area contributed by atoms with Crippen LogP contribution in [-0.2, 0) is 9.59 Å². The molecule has 7 nitrogen and oxygen atoms in total. The molecule has 1 N–H and O–H groups in total. The monoisotopic (exact) mass is 480 g/mol. The van der Waals surface area contributed by atoms with Gasteiger partial charge in [0, 0.05) is 12.1 Å². The highest BCUT2D eigenvalue weighted by Crippen LogP contribution is 2.40. The predicted octanol–water partition coefficient (Wildman–Crippen LogP) is 4.64. The fourth-order valence-corrected chi connectivity index (χ4v) is 4.36. The quantitative estimate of drug-likeness (QED) is 0.271. The molecular formula is C28H36N2O5. The second kappa shape index (κ2) is 12.4. The van der Waals surface area contributed by atoms with Crippen molar-refractivity contribution in [3.05, 3.63) is 65.2 Å². The summed E-state index contributed by atoms with van der Waals surface area (Å²) in [5, 5.41) is 11.3. The number of ketones is 1. The first-order valence-electron chi connectivity index (χ1n) is 12.3. The molecule has 0 saturated carbocycles. The second-order valence-corrected chi connectivity index (χ2v) is 8.52. The molecule has 1 atom stereocenters. The maximum atomic E-state index is 13.2. The van der Waals surface area contributed by atoms with E-state index in [-0.39, 0.29) is 11.3 Å². The third-order valence-electron chi connectivity index (χ3n) is 6.32. The Balaban J connectivity index is 2.02. The van der Waals surface area contributed by atoms with Crippen molar-refractivity contribution in [3.63, 3.8) is 0 Å². The fraction of sp³-hybridized carbons (Fsp3) is 0.429. The highest BCUT2D eigenvalue weighted by Gasteiger charge is 2.45. The van der Waals surface area contributed by atoms with Crippen molar-refractivity contribution in [2.45, 2.75) is 39.7 Å². The molecule has 0 aliphatic carbocycles. The molecule has 0 bridgehead atoms. The molecule has 7 heteroatoms. The maximum absolute atomic E-state index is 13.2. The van der Waals surface area contributed by atoms with Crippen LogP contribution in [0.3, 0.4) is 0 Å². The lowest BCUT2D eigenvalue weighted by Gasteiger charge is -2.27. The van der Waals surface area contributed by atoms with Crippen molar-refractivity contribution in [1.29, 1.82) is 0 Å². The summed E-state index contributed by atoms with van der Waals surface area (Å²) in [6.07, 6.45) is 1.58. The van der Waals surface area contributed by atoms with Gasteiger partial charge in [-0.2, -0.15) is 0 Å². The Morgan fingerprint density at radius 1 is 1.03 bits per heavy atom. The minimum Gasteiger partial charge on any atom is -0.507 e. The Morgan fingerprint density at radius 3 is 2.37 bits per heavy atom. The summed E-state index contributed by atoms with van der Waals surface area (Å²) in [6, 6.07) is 13.6. The largest absolute Gasteiger partial charge is 0.507 e. The summed E-state index contributed by atoms with van der Waals surface area (Å²) in [5.41, 5.74) is 1.28. The topological polar surface area (TPSA) is 79.3 Å². The third kappa shape index (κ3) is 6.03. The van der Waals surface area contributed by atoms with Crippen LogP contribution < -0.4 is 9.47 Å². The number of rotatable bonds is 12. The number of nitrogens with zero attached hydrogens (tertiary/aromatic N) is 2. The van der Waals surface area contributed by atoms with Crippen molar-refractivity contribution >= 4 is 17.4 Å². The van der Waals surface area contributed by atoms with Crippen LogP contribution in [-0.4, -0.2) is 66.5 Å². The first kappa shape index (κ1) is 26.3. The van der Waals surface area contributed by atoms with E-state index in [1.807, 2.05) is 19.1 Å². The molecule has 1 heterocycles. The van der Waals surface area contributed by atoms with Gasteiger partial charge in [-0.3, -0.25) is 9.59 Å². The Hall–Kier alpha value is -3.32. The Morgan fingerprint density at radius 2 is 1.74 bits per heavy atom. The lowest BCUT2D eigenvalue weighted by Crippen LogP contribution is -2.33. The molecule has 3 rings (SSSR count). The van der Waals surface area contributed by atoms with Crippen molar-refractivity contribution < 1.29 is 24.2 Å². The Kier molecular flexibility index (Phi) is 9.32. The smallest absolute Gasteiger partial charge is 0.295 e. The van der Waals surface area contributed by atoms with Gasteiger partial charge in [0.2, 0.25) is 0 Å². The number of ether oxygens (including phenoxy) is 2. The number of Topliss-reactive ketones (excluding diaryl/α,β-unsaturated/α-hetero) is 1. The number of hydrogen-bond donors (Lipinski definition) is 1. The molecule has 0 radical (unpaired) electrons. The van der Waals surface area contributed by atoms with E-state index in [9.17, 15) is 14.7 Å². The van der Waals surface area contributed by atoms with Crippen LogP contribution in [0.2, 0.25) is 0 Å². The highest BCUT2D eigenvalue weighted by molar-refractivity contribution is 6.46. The van der Waals surface area contributed by atoms with Gasteiger partial charge in [-0.05, 0) is 62.3 Å². The normalized spacial score (nSPS) is 17.3. The summed E-state index contributed by atoms with van der Waals surface area (Å²) in [5.74, 6) is -0.188. The van der Waals surface area contributed by atoms with Gasteiger partial charge in [0.05, 0.1) is 25.3 Å². The van der Waals surface area contributed by atoms with Crippen LogP contribution in [0.1, 0.15) is 50.8 Å². The zero-order chi connectivity index (χ0) is 25.4. The lowest BCUT2D eigenvalue weighted by atomic mass is 9.95. The van der Waals surface area contributed by atoms with Gasteiger partial charge in [-0.15, -0.1) is 0 Å². The minimum absolute atomic E-state index is 0.0932. The molecule has 1 fully saturated rings. The van der Waals surface area contributed by atoms with Crippen LogP contribution >= 0.6 is 0 Å². The van der Waals surface area contributed by atoms with E-state index in [0.717, 1.165) is 38.0 Å². The van der Waals surface area contributed by atoms with E-state index in [0.29, 0.717) is 30.2 Å². The number of aliphatic hydroxyl groups excluding tert-OH is 1. The van der Waals surface area contributed by atoms with E-state index < -0.39 is 17.7 Å². The van der Waals surface area contributed by atoms with Crippen LogP contribution in [0.15, 0.2) is 54.1 Å². The second-order valence-electron chi connectivity index (χ2n) is 8.52. The first-order valence-corrected chi connectivity index (χ1v) is 12.3. The molecular weight excluding hydrogens is 444 g/mol. The molecule has 1 saturated heterocycles. The Bertz CT molecular complexity index is 1040. The van der Waals surface area contributed by atoms with Gasteiger partial charge >= 0.3 is 0 Å². The number of aliphatic hydroxyl groups is 1. The van der Waals surface area contributed by atoms with Crippen LogP contribution in [0, 0.1) is 0 Å².